The first-order valence-electron chi connectivity index (χ1n) is 9.10. The van der Waals surface area contributed by atoms with Gasteiger partial charge in [-0.05, 0) is 31.6 Å². The smallest absolute Gasteiger partial charge is 0.0234 e. The third-order valence-electron chi connectivity index (χ3n) is 4.53. The molecule has 1 rings (SSSR count). The Morgan fingerprint density at radius 2 is 1.32 bits per heavy atom. The molecule has 0 nitrogen and oxygen atoms in total. The van der Waals surface area contributed by atoms with Crippen LogP contribution < -0.4 is 0 Å². The van der Waals surface area contributed by atoms with Crippen molar-refractivity contribution in [2.45, 2.75) is 103 Å². The van der Waals surface area contributed by atoms with Crippen molar-refractivity contribution in [1.82, 2.24) is 0 Å². The highest BCUT2D eigenvalue weighted by atomic mass is 14.1. The summed E-state index contributed by atoms with van der Waals surface area (Å²) in [5.74, 6) is 0.893. The van der Waals surface area contributed by atoms with Crippen molar-refractivity contribution in [3.05, 3.63) is 12.2 Å². The summed E-state index contributed by atoms with van der Waals surface area (Å²) < 4.78 is 0. The summed E-state index contributed by atoms with van der Waals surface area (Å²) in [6, 6.07) is 0. The summed E-state index contributed by atoms with van der Waals surface area (Å²) in [6.45, 7) is 2.29. The van der Waals surface area contributed by atoms with E-state index in [1.165, 1.54) is 96.3 Å². The molecule has 1 fully saturated rings. The molecule has 0 unspecified atom stereocenters. The summed E-state index contributed by atoms with van der Waals surface area (Å²) in [5.41, 5.74) is 0. The van der Waals surface area contributed by atoms with Gasteiger partial charge >= 0.3 is 0 Å². The molecule has 0 saturated heterocycles. The van der Waals surface area contributed by atoms with Gasteiger partial charge in [0.1, 0.15) is 0 Å². The molecule has 1 aliphatic carbocycles. The van der Waals surface area contributed by atoms with E-state index in [0.29, 0.717) is 0 Å². The zero-order valence-corrected chi connectivity index (χ0v) is 13.3. The maximum atomic E-state index is 2.56. The van der Waals surface area contributed by atoms with E-state index in [1.54, 1.807) is 0 Å². The number of allylic oxidation sites excluding steroid dienone is 2. The lowest BCUT2D eigenvalue weighted by Gasteiger charge is -2.11. The van der Waals surface area contributed by atoms with E-state index in [-0.39, 0.29) is 0 Å². The van der Waals surface area contributed by atoms with Crippen LogP contribution in [0.1, 0.15) is 103 Å². The van der Waals surface area contributed by atoms with Crippen LogP contribution in [0.2, 0.25) is 0 Å². The highest BCUT2D eigenvalue weighted by Crippen LogP contribution is 2.22. The Hall–Kier alpha value is -0.260. The molecule has 0 atom stereocenters. The van der Waals surface area contributed by atoms with Crippen LogP contribution in [0, 0.1) is 5.92 Å². The van der Waals surface area contributed by atoms with Crippen LogP contribution in [0.4, 0.5) is 0 Å². The molecule has 0 heteroatoms. The molecule has 0 spiro atoms. The molecule has 0 aromatic heterocycles. The molecule has 1 aliphatic rings. The fourth-order valence-corrected chi connectivity index (χ4v) is 3.19. The van der Waals surface area contributed by atoms with Gasteiger partial charge in [-0.3, -0.25) is 0 Å². The minimum atomic E-state index is 0.893. The first kappa shape index (κ1) is 16.8. The largest absolute Gasteiger partial charge is 0.0883 e. The van der Waals surface area contributed by atoms with E-state index in [4.69, 9.17) is 0 Å². The van der Waals surface area contributed by atoms with Gasteiger partial charge < -0.3 is 0 Å². The third kappa shape index (κ3) is 10.2. The van der Waals surface area contributed by atoms with Crippen molar-refractivity contribution >= 4 is 0 Å². The van der Waals surface area contributed by atoms with Crippen LogP contribution in [0.25, 0.3) is 0 Å². The van der Waals surface area contributed by atoms with Crippen LogP contribution in [0.15, 0.2) is 12.2 Å². The Bertz CT molecular complexity index is 192. The average Bonchev–Trinajstić information content (AvgIpc) is 2.48. The molecular weight excluding hydrogens is 228 g/mol. The fourth-order valence-electron chi connectivity index (χ4n) is 3.19. The highest BCUT2D eigenvalue weighted by Gasteiger charge is 2.06. The SMILES string of the molecule is CCCCCCC=CC1CCCCCCCCCC1. The van der Waals surface area contributed by atoms with E-state index in [0.717, 1.165) is 5.92 Å². The Morgan fingerprint density at radius 3 is 1.89 bits per heavy atom. The highest BCUT2D eigenvalue weighted by molar-refractivity contribution is 4.88. The molecule has 0 amide bonds. The molecule has 1 saturated carbocycles. The number of hydrogen-bond donors (Lipinski definition) is 0. The zero-order chi connectivity index (χ0) is 13.6. The van der Waals surface area contributed by atoms with E-state index in [1.807, 2.05) is 0 Å². The van der Waals surface area contributed by atoms with Crippen LogP contribution in [0.3, 0.4) is 0 Å². The van der Waals surface area contributed by atoms with Crippen LogP contribution in [-0.4, -0.2) is 0 Å². The fraction of sp³-hybridized carbons (Fsp3) is 0.895. The Labute approximate surface area is 122 Å². The van der Waals surface area contributed by atoms with Crippen LogP contribution >= 0.6 is 0 Å². The van der Waals surface area contributed by atoms with Crippen molar-refractivity contribution in [3.63, 3.8) is 0 Å². The van der Waals surface area contributed by atoms with Crippen molar-refractivity contribution in [1.29, 1.82) is 0 Å². The van der Waals surface area contributed by atoms with Gasteiger partial charge in [0.15, 0.2) is 0 Å². The minimum absolute atomic E-state index is 0.893. The molecule has 0 radical (unpaired) electrons. The van der Waals surface area contributed by atoms with E-state index < -0.39 is 0 Å². The van der Waals surface area contributed by atoms with Crippen LogP contribution in [0.5, 0.6) is 0 Å². The molecule has 0 aliphatic heterocycles. The monoisotopic (exact) mass is 264 g/mol. The second kappa shape index (κ2) is 12.8. The molecular formula is C19H36. The van der Waals surface area contributed by atoms with Crippen molar-refractivity contribution in [3.8, 4) is 0 Å². The second-order valence-corrected chi connectivity index (χ2v) is 6.44. The molecule has 112 valence electrons. The summed E-state index contributed by atoms with van der Waals surface area (Å²) >= 11 is 0. The molecule has 0 aromatic carbocycles. The summed E-state index contributed by atoms with van der Waals surface area (Å²) in [5, 5.41) is 0. The number of rotatable bonds is 6. The summed E-state index contributed by atoms with van der Waals surface area (Å²) in [7, 11) is 0. The average molecular weight is 264 g/mol. The molecule has 19 heavy (non-hydrogen) atoms. The van der Waals surface area contributed by atoms with E-state index in [9.17, 15) is 0 Å². The first-order valence-corrected chi connectivity index (χ1v) is 9.10. The van der Waals surface area contributed by atoms with Gasteiger partial charge in [-0.25, -0.2) is 0 Å². The van der Waals surface area contributed by atoms with Crippen molar-refractivity contribution in [2.24, 2.45) is 5.92 Å². The molecule has 0 N–H and O–H groups in total. The van der Waals surface area contributed by atoms with Crippen molar-refractivity contribution < 1.29 is 0 Å². The zero-order valence-electron chi connectivity index (χ0n) is 13.3. The predicted octanol–water partition coefficient (Wildman–Crippen LogP) is 7.04. The lowest BCUT2D eigenvalue weighted by atomic mass is 9.94. The van der Waals surface area contributed by atoms with Gasteiger partial charge in [0.05, 0.1) is 0 Å². The van der Waals surface area contributed by atoms with Gasteiger partial charge in [0.2, 0.25) is 0 Å². The van der Waals surface area contributed by atoms with Gasteiger partial charge in [-0.15, -0.1) is 0 Å². The van der Waals surface area contributed by atoms with Gasteiger partial charge in [0.25, 0.3) is 0 Å². The lowest BCUT2D eigenvalue weighted by Crippen LogP contribution is -1.97. The minimum Gasteiger partial charge on any atom is -0.0883 e. The summed E-state index contributed by atoms with van der Waals surface area (Å²) in [4.78, 5) is 0. The maximum Gasteiger partial charge on any atom is -0.0234 e. The lowest BCUT2D eigenvalue weighted by molar-refractivity contribution is 0.486. The standard InChI is InChI=1S/C19H36/c1-2-3-4-5-10-13-16-19-17-14-11-8-6-7-9-12-15-18-19/h13,16,19H,2-12,14-15,17-18H2,1H3. The van der Waals surface area contributed by atoms with Crippen molar-refractivity contribution in [2.75, 3.05) is 0 Å². The first-order chi connectivity index (χ1) is 9.43. The number of hydrogen-bond acceptors (Lipinski definition) is 0. The quantitative estimate of drug-likeness (QED) is 0.356. The Morgan fingerprint density at radius 1 is 0.737 bits per heavy atom. The molecule has 0 heterocycles. The predicted molar refractivity (Wildman–Crippen MR) is 87.6 cm³/mol. The maximum absolute atomic E-state index is 2.56. The molecule has 0 aromatic rings. The Balaban J connectivity index is 2.17. The van der Waals surface area contributed by atoms with Crippen LogP contribution in [-0.2, 0) is 0 Å². The normalized spacial score (nSPS) is 20.5. The summed E-state index contributed by atoms with van der Waals surface area (Å²) in [6.07, 6.45) is 26.7. The number of unbranched alkanes of at least 4 members (excludes halogenated alkanes) is 4. The second-order valence-electron chi connectivity index (χ2n) is 6.44. The van der Waals surface area contributed by atoms with E-state index in [2.05, 4.69) is 19.1 Å². The van der Waals surface area contributed by atoms with Gasteiger partial charge in [-0.1, -0.05) is 89.7 Å². The molecule has 0 bridgehead atoms. The topological polar surface area (TPSA) is 0 Å². The van der Waals surface area contributed by atoms with E-state index >= 15 is 0 Å². The van der Waals surface area contributed by atoms with Gasteiger partial charge in [-0.2, -0.15) is 0 Å². The third-order valence-corrected chi connectivity index (χ3v) is 4.53. The Kier molecular flexibility index (Phi) is 11.3. The van der Waals surface area contributed by atoms with Gasteiger partial charge in [0, 0.05) is 0 Å².